The second-order valence-corrected chi connectivity index (χ2v) is 8.12. The molecule has 31 heavy (non-hydrogen) atoms. The van der Waals surface area contributed by atoms with Crippen LogP contribution in [0.1, 0.15) is 16.7 Å². The quantitative estimate of drug-likeness (QED) is 0.566. The van der Waals surface area contributed by atoms with E-state index in [9.17, 15) is 15.0 Å². The van der Waals surface area contributed by atoms with Crippen molar-refractivity contribution in [2.45, 2.75) is 26.6 Å². The van der Waals surface area contributed by atoms with Gasteiger partial charge in [0.25, 0.3) is 0 Å². The number of aliphatic hydroxyl groups is 2. The Morgan fingerprint density at radius 3 is 2.35 bits per heavy atom. The number of carbonyl (C=O) groups excluding carboxylic acids is 1. The van der Waals surface area contributed by atoms with Crippen LogP contribution in [0.3, 0.4) is 0 Å². The number of carbonyl (C=O) groups is 1. The molecule has 1 unspecified atom stereocenters. The molecule has 0 saturated carbocycles. The Labute approximate surface area is 184 Å². The molecule has 2 aromatic carbocycles. The van der Waals surface area contributed by atoms with Gasteiger partial charge in [0.1, 0.15) is 18.5 Å². The molecule has 0 bridgehead atoms. The van der Waals surface area contributed by atoms with E-state index in [2.05, 4.69) is 15.1 Å². The van der Waals surface area contributed by atoms with Crippen molar-refractivity contribution < 1.29 is 19.7 Å². The molecule has 2 aromatic rings. The number of hydrogen-bond donors (Lipinski definition) is 3. The summed E-state index contributed by atoms with van der Waals surface area (Å²) in [5, 5.41) is 22.7. The molecule has 7 nitrogen and oxygen atoms in total. The maximum atomic E-state index is 12.5. The van der Waals surface area contributed by atoms with E-state index >= 15 is 0 Å². The lowest BCUT2D eigenvalue weighted by Gasteiger charge is -2.35. The number of amides is 1. The van der Waals surface area contributed by atoms with Gasteiger partial charge in [-0.2, -0.15) is 0 Å². The van der Waals surface area contributed by atoms with Gasteiger partial charge in [-0.3, -0.25) is 14.6 Å². The molecule has 1 heterocycles. The van der Waals surface area contributed by atoms with Crippen molar-refractivity contribution in [1.29, 1.82) is 0 Å². The summed E-state index contributed by atoms with van der Waals surface area (Å²) in [7, 11) is 0. The van der Waals surface area contributed by atoms with Crippen molar-refractivity contribution in [2.75, 3.05) is 51.2 Å². The van der Waals surface area contributed by atoms with Gasteiger partial charge in [0.15, 0.2) is 0 Å². The molecule has 0 radical (unpaired) electrons. The fourth-order valence-corrected chi connectivity index (χ4v) is 3.84. The smallest absolute Gasteiger partial charge is 0.238 e. The summed E-state index contributed by atoms with van der Waals surface area (Å²) in [4.78, 5) is 16.8. The summed E-state index contributed by atoms with van der Waals surface area (Å²) < 4.78 is 5.68. The number of anilines is 1. The predicted octanol–water partition coefficient (Wildman–Crippen LogP) is 1.79. The van der Waals surface area contributed by atoms with Crippen LogP contribution in [-0.4, -0.2) is 77.9 Å². The average Bonchev–Trinajstić information content (AvgIpc) is 2.76. The van der Waals surface area contributed by atoms with E-state index < -0.39 is 6.10 Å². The first kappa shape index (κ1) is 23.2. The van der Waals surface area contributed by atoms with Crippen LogP contribution in [0, 0.1) is 13.8 Å². The van der Waals surface area contributed by atoms with Crippen LogP contribution in [0.15, 0.2) is 42.5 Å². The highest BCUT2D eigenvalue weighted by Gasteiger charge is 2.21. The van der Waals surface area contributed by atoms with Gasteiger partial charge >= 0.3 is 0 Å². The minimum absolute atomic E-state index is 0.00170. The molecule has 0 aliphatic carbocycles. The van der Waals surface area contributed by atoms with Gasteiger partial charge in [-0.05, 0) is 31.0 Å². The molecule has 1 fully saturated rings. The summed E-state index contributed by atoms with van der Waals surface area (Å²) in [5.41, 5.74) is 3.74. The summed E-state index contributed by atoms with van der Waals surface area (Å²) in [6, 6.07) is 13.3. The third kappa shape index (κ3) is 6.77. The molecular weight excluding hydrogens is 394 g/mol. The number of benzene rings is 2. The zero-order valence-electron chi connectivity index (χ0n) is 18.4. The minimum atomic E-state index is -0.620. The number of β-amino-alcohol motifs (C(OH)–C–C–N with tert-alkyl or cyclic N) is 1. The normalized spacial score (nSPS) is 16.1. The highest BCUT2D eigenvalue weighted by Crippen LogP contribution is 2.20. The van der Waals surface area contributed by atoms with Crippen LogP contribution in [0.2, 0.25) is 0 Å². The lowest BCUT2D eigenvalue weighted by atomic mass is 10.1. The van der Waals surface area contributed by atoms with Crippen molar-refractivity contribution in [3.05, 3.63) is 59.2 Å². The van der Waals surface area contributed by atoms with E-state index in [0.717, 1.165) is 43.0 Å². The minimum Gasteiger partial charge on any atom is -0.490 e. The average molecular weight is 428 g/mol. The van der Waals surface area contributed by atoms with E-state index in [-0.39, 0.29) is 19.1 Å². The zero-order valence-corrected chi connectivity index (χ0v) is 18.4. The fourth-order valence-electron chi connectivity index (χ4n) is 3.84. The Hall–Kier alpha value is -2.45. The van der Waals surface area contributed by atoms with E-state index in [1.165, 1.54) is 0 Å². The van der Waals surface area contributed by atoms with Crippen molar-refractivity contribution in [3.63, 3.8) is 0 Å². The Morgan fingerprint density at radius 1 is 1.03 bits per heavy atom. The summed E-state index contributed by atoms with van der Waals surface area (Å²) in [6.45, 7) is 8.11. The van der Waals surface area contributed by atoms with Crippen LogP contribution in [-0.2, 0) is 11.4 Å². The van der Waals surface area contributed by atoms with Crippen molar-refractivity contribution in [3.8, 4) is 5.75 Å². The number of hydrogen-bond acceptors (Lipinski definition) is 6. The van der Waals surface area contributed by atoms with Gasteiger partial charge in [0.05, 0.1) is 13.2 Å². The third-order valence-corrected chi connectivity index (χ3v) is 5.62. The van der Waals surface area contributed by atoms with Gasteiger partial charge in [0.2, 0.25) is 5.91 Å². The fraction of sp³-hybridized carbons (Fsp3) is 0.458. The Bertz CT molecular complexity index is 845. The Balaban J connectivity index is 1.38. The SMILES string of the molecule is Cc1cccc(C)c1NC(=O)CN1CCN(CC(O)COc2ccccc2CO)CC1. The molecule has 1 atom stereocenters. The van der Waals surface area contributed by atoms with Crippen LogP contribution >= 0.6 is 0 Å². The first-order chi connectivity index (χ1) is 15.0. The molecule has 3 rings (SSSR count). The van der Waals surface area contributed by atoms with Crippen LogP contribution < -0.4 is 10.1 Å². The van der Waals surface area contributed by atoms with E-state index in [0.29, 0.717) is 24.4 Å². The number of nitrogens with one attached hydrogen (secondary N) is 1. The predicted molar refractivity (Wildman–Crippen MR) is 121 cm³/mol. The molecule has 7 heteroatoms. The molecule has 168 valence electrons. The first-order valence-corrected chi connectivity index (χ1v) is 10.8. The van der Waals surface area contributed by atoms with Gasteiger partial charge < -0.3 is 20.3 Å². The Kier molecular flexibility index (Phi) is 8.43. The molecule has 0 aromatic heterocycles. The van der Waals surface area contributed by atoms with Crippen LogP contribution in [0.25, 0.3) is 0 Å². The zero-order chi connectivity index (χ0) is 22.2. The molecular formula is C24H33N3O4. The lowest BCUT2D eigenvalue weighted by Crippen LogP contribution is -2.50. The van der Waals surface area contributed by atoms with Gasteiger partial charge in [-0.15, -0.1) is 0 Å². The van der Waals surface area contributed by atoms with E-state index in [1.54, 1.807) is 12.1 Å². The highest BCUT2D eigenvalue weighted by molar-refractivity contribution is 5.93. The number of aryl methyl sites for hydroxylation is 2. The number of piperazine rings is 1. The Morgan fingerprint density at radius 2 is 1.68 bits per heavy atom. The number of rotatable bonds is 9. The number of nitrogens with zero attached hydrogens (tertiary/aromatic N) is 2. The molecule has 0 spiro atoms. The largest absolute Gasteiger partial charge is 0.490 e. The second kappa shape index (κ2) is 11.2. The van der Waals surface area contributed by atoms with Crippen LogP contribution in [0.5, 0.6) is 5.75 Å². The third-order valence-electron chi connectivity index (χ3n) is 5.62. The van der Waals surface area contributed by atoms with Gasteiger partial charge in [-0.1, -0.05) is 36.4 Å². The van der Waals surface area contributed by atoms with E-state index in [1.807, 2.05) is 44.2 Å². The molecule has 1 aliphatic heterocycles. The van der Waals surface area contributed by atoms with Crippen molar-refractivity contribution in [2.24, 2.45) is 0 Å². The number of para-hydroxylation sites is 2. The summed E-state index contributed by atoms with van der Waals surface area (Å²) in [5.74, 6) is 0.602. The molecule has 1 aliphatic rings. The number of ether oxygens (including phenoxy) is 1. The van der Waals surface area contributed by atoms with E-state index in [4.69, 9.17) is 4.74 Å². The first-order valence-electron chi connectivity index (χ1n) is 10.8. The monoisotopic (exact) mass is 427 g/mol. The summed E-state index contributed by atoms with van der Waals surface area (Å²) in [6.07, 6.45) is -0.620. The number of aliphatic hydroxyl groups excluding tert-OH is 2. The standard InChI is InChI=1S/C24H33N3O4/c1-18-6-5-7-19(2)24(18)25-23(30)15-27-12-10-26(11-13-27)14-21(29)17-31-22-9-4-3-8-20(22)16-28/h3-9,21,28-29H,10-17H2,1-2H3,(H,25,30). The van der Waals surface area contributed by atoms with Gasteiger partial charge in [0, 0.05) is 44.0 Å². The summed E-state index contributed by atoms with van der Waals surface area (Å²) >= 11 is 0. The molecule has 3 N–H and O–H groups in total. The van der Waals surface area contributed by atoms with Crippen molar-refractivity contribution >= 4 is 11.6 Å². The maximum Gasteiger partial charge on any atom is 0.238 e. The van der Waals surface area contributed by atoms with Crippen LogP contribution in [0.4, 0.5) is 5.69 Å². The topological polar surface area (TPSA) is 85.3 Å². The van der Waals surface area contributed by atoms with Gasteiger partial charge in [-0.25, -0.2) is 0 Å². The lowest BCUT2D eigenvalue weighted by molar-refractivity contribution is -0.117. The maximum absolute atomic E-state index is 12.5. The highest BCUT2D eigenvalue weighted by atomic mass is 16.5. The molecule has 1 saturated heterocycles. The molecule has 1 amide bonds. The van der Waals surface area contributed by atoms with Crippen molar-refractivity contribution in [1.82, 2.24) is 9.80 Å². The second-order valence-electron chi connectivity index (χ2n) is 8.12.